The van der Waals surface area contributed by atoms with Crippen LogP contribution < -0.4 is 0 Å². The maximum absolute atomic E-state index is 9.60. The molecule has 2 aliphatic rings. The minimum Gasteiger partial charge on any atom is -0.392 e. The lowest BCUT2D eigenvalue weighted by atomic mass is 9.98. The highest BCUT2D eigenvalue weighted by molar-refractivity contribution is 6.00. The highest BCUT2D eigenvalue weighted by Gasteiger charge is 2.19. The zero-order chi connectivity index (χ0) is 40.0. The fourth-order valence-electron chi connectivity index (χ4n) is 8.21. The summed E-state index contributed by atoms with van der Waals surface area (Å²) in [4.78, 5) is 18.6. The lowest BCUT2D eigenvalue weighted by Gasteiger charge is -2.08. The first-order valence-corrected chi connectivity index (χ1v) is 20.1. The lowest BCUT2D eigenvalue weighted by molar-refractivity contribution is 0.282. The summed E-state index contributed by atoms with van der Waals surface area (Å²) in [5.41, 5.74) is 22.5. The molecule has 0 radical (unpaired) electrons. The predicted molar refractivity (Wildman–Crippen MR) is 246 cm³/mol. The van der Waals surface area contributed by atoms with Crippen LogP contribution >= 0.6 is 0 Å². The quantitative estimate of drug-likeness (QED) is 0.158. The Morgan fingerprint density at radius 1 is 0.339 bits per heavy atom. The van der Waals surface area contributed by atoms with Crippen LogP contribution in [0.4, 0.5) is 0 Å². The number of aliphatic hydroxyl groups excluding tert-OH is 1. The van der Waals surface area contributed by atoms with Crippen molar-refractivity contribution in [1.82, 2.24) is 19.9 Å². The van der Waals surface area contributed by atoms with Crippen molar-refractivity contribution >= 4 is 46.4 Å². The third kappa shape index (κ3) is 6.82. The molecule has 8 bridgehead atoms. The van der Waals surface area contributed by atoms with Crippen LogP contribution in [0.25, 0.3) is 102 Å². The number of aliphatic hydroxyl groups is 1. The van der Waals surface area contributed by atoms with Gasteiger partial charge in [-0.3, -0.25) is 0 Å². The first-order valence-electron chi connectivity index (χ1n) is 20.1. The van der Waals surface area contributed by atoms with Crippen molar-refractivity contribution in [2.45, 2.75) is 27.4 Å². The third-order valence-electron chi connectivity index (χ3n) is 11.4. The number of aryl methyl sites for hydroxylation is 3. The predicted octanol–water partition coefficient (Wildman–Crippen LogP) is 13.4. The number of benzene rings is 5. The van der Waals surface area contributed by atoms with Crippen molar-refractivity contribution in [2.75, 3.05) is 0 Å². The Kier molecular flexibility index (Phi) is 9.08. The van der Waals surface area contributed by atoms with E-state index in [4.69, 9.17) is 9.97 Å². The van der Waals surface area contributed by atoms with E-state index in [0.29, 0.717) is 0 Å². The Morgan fingerprint density at radius 3 is 0.881 bits per heavy atom. The lowest BCUT2D eigenvalue weighted by Crippen LogP contribution is -1.90. The van der Waals surface area contributed by atoms with Gasteiger partial charge in [0, 0.05) is 44.3 Å². The van der Waals surface area contributed by atoms with Crippen molar-refractivity contribution < 1.29 is 5.11 Å². The molecule has 5 heteroatoms. The molecule has 0 saturated heterocycles. The van der Waals surface area contributed by atoms with Gasteiger partial charge in [0.2, 0.25) is 0 Å². The minimum absolute atomic E-state index is 0.0252. The SMILES string of the molecule is Cc1ccc(-c2c3nc(c(-c4ccc(C)cc4)c4ccc([nH]4)c(-c4ccc(-c5ccc(CO)cc5)cc4)c4nc(c(-c5ccc(C)cc5)c5ccc2[nH]5)C=C4)C=C3)cc1. The topological polar surface area (TPSA) is 77.6 Å². The molecule has 0 atom stereocenters. The second kappa shape index (κ2) is 14.9. The molecular weight excluding hydrogens is 721 g/mol. The third-order valence-corrected chi connectivity index (χ3v) is 11.4. The van der Waals surface area contributed by atoms with Gasteiger partial charge in [0.05, 0.1) is 29.4 Å². The summed E-state index contributed by atoms with van der Waals surface area (Å²) in [6.45, 7) is 6.38. The van der Waals surface area contributed by atoms with Gasteiger partial charge >= 0.3 is 0 Å². The van der Waals surface area contributed by atoms with E-state index < -0.39 is 0 Å². The van der Waals surface area contributed by atoms with Crippen LogP contribution in [-0.2, 0) is 6.61 Å². The van der Waals surface area contributed by atoms with E-state index in [1.165, 1.54) is 16.7 Å². The Balaban J connectivity index is 1.31. The first-order chi connectivity index (χ1) is 28.9. The largest absolute Gasteiger partial charge is 0.392 e. The fraction of sp³-hybridized carbons (Fsp3) is 0.0741. The summed E-state index contributed by atoms with van der Waals surface area (Å²) in [7, 11) is 0. The molecule has 0 amide bonds. The second-order valence-electron chi connectivity index (χ2n) is 15.5. The minimum atomic E-state index is 0.0252. The number of nitrogens with zero attached hydrogens (tertiary/aromatic N) is 2. The Hall–Kier alpha value is -7.34. The standard InChI is InChI=1S/C54H42N4O/c1-33-4-12-39(13-5-33)51-43-24-26-45(55-43)52(40-14-6-34(2)7-15-40)47-28-30-49(57-47)54(42-22-20-38(21-23-42)37-18-10-36(32-59)11-19-37)50-31-29-48(58-50)53(46-27-25-44(51)56-46)41-16-8-35(3)9-17-41/h4-31,55,58-59H,32H2,1-3H3. The zero-order valence-electron chi connectivity index (χ0n) is 33.2. The number of hydrogen-bond acceptors (Lipinski definition) is 3. The Labute approximate surface area is 343 Å². The Bertz CT molecular complexity index is 3070. The second-order valence-corrected chi connectivity index (χ2v) is 15.5. The van der Waals surface area contributed by atoms with Gasteiger partial charge in [-0.05, 0) is 108 Å². The van der Waals surface area contributed by atoms with Gasteiger partial charge in [-0.2, -0.15) is 0 Å². The summed E-state index contributed by atoms with van der Waals surface area (Å²) in [6, 6.07) is 51.5. The molecule has 3 aromatic heterocycles. The summed E-state index contributed by atoms with van der Waals surface area (Å²) in [5, 5.41) is 9.60. The maximum atomic E-state index is 9.60. The molecule has 3 N–H and O–H groups in total. The van der Waals surface area contributed by atoms with Crippen molar-refractivity contribution in [3.8, 4) is 55.6 Å². The number of aromatic amines is 2. The maximum Gasteiger partial charge on any atom is 0.0737 e. The highest BCUT2D eigenvalue weighted by atomic mass is 16.3. The molecule has 59 heavy (non-hydrogen) atoms. The molecule has 0 unspecified atom stereocenters. The van der Waals surface area contributed by atoms with E-state index in [2.05, 4.69) is 189 Å². The summed E-state index contributed by atoms with van der Waals surface area (Å²) in [5.74, 6) is 0. The number of H-pyrrole nitrogens is 2. The number of aromatic nitrogens is 4. The molecule has 0 spiro atoms. The van der Waals surface area contributed by atoms with Crippen LogP contribution in [-0.4, -0.2) is 25.0 Å². The molecule has 2 aliphatic heterocycles. The molecular formula is C54H42N4O. The van der Waals surface area contributed by atoms with Gasteiger partial charge in [-0.15, -0.1) is 0 Å². The van der Waals surface area contributed by atoms with Crippen LogP contribution in [0.1, 0.15) is 45.0 Å². The van der Waals surface area contributed by atoms with Crippen molar-refractivity contribution in [3.63, 3.8) is 0 Å². The molecule has 0 aliphatic carbocycles. The molecule has 5 aromatic carbocycles. The first kappa shape index (κ1) is 36.0. The van der Waals surface area contributed by atoms with E-state index >= 15 is 0 Å². The zero-order valence-corrected chi connectivity index (χ0v) is 33.2. The number of nitrogens with one attached hydrogen (secondary N) is 2. The van der Waals surface area contributed by atoms with E-state index in [-0.39, 0.29) is 6.61 Å². The number of fused-ring (bicyclic) bond motifs is 8. The molecule has 0 fully saturated rings. The van der Waals surface area contributed by atoms with E-state index in [1.807, 2.05) is 12.1 Å². The highest BCUT2D eigenvalue weighted by Crippen LogP contribution is 2.39. The van der Waals surface area contributed by atoms with Crippen molar-refractivity contribution in [3.05, 3.63) is 191 Å². The molecule has 5 heterocycles. The molecule has 284 valence electrons. The van der Waals surface area contributed by atoms with Crippen molar-refractivity contribution in [2.24, 2.45) is 0 Å². The molecule has 8 aromatic rings. The van der Waals surface area contributed by atoms with Gasteiger partial charge in [0.15, 0.2) is 0 Å². The average molecular weight is 763 g/mol. The summed E-state index contributed by atoms with van der Waals surface area (Å²) < 4.78 is 0. The van der Waals surface area contributed by atoms with Crippen LogP contribution in [0.2, 0.25) is 0 Å². The normalized spacial score (nSPS) is 12.0. The summed E-state index contributed by atoms with van der Waals surface area (Å²) in [6.07, 6.45) is 8.57. The number of hydrogen-bond donors (Lipinski definition) is 3. The van der Waals surface area contributed by atoms with Crippen LogP contribution in [0.15, 0.2) is 146 Å². The fourth-order valence-corrected chi connectivity index (χ4v) is 8.21. The van der Waals surface area contributed by atoms with Gasteiger partial charge < -0.3 is 15.1 Å². The van der Waals surface area contributed by atoms with Crippen LogP contribution in [0.5, 0.6) is 0 Å². The van der Waals surface area contributed by atoms with Crippen molar-refractivity contribution in [1.29, 1.82) is 0 Å². The van der Waals surface area contributed by atoms with E-state index in [9.17, 15) is 5.11 Å². The van der Waals surface area contributed by atoms with Gasteiger partial charge in [0.25, 0.3) is 0 Å². The Morgan fingerprint density at radius 2 is 0.593 bits per heavy atom. The van der Waals surface area contributed by atoms with Crippen LogP contribution in [0, 0.1) is 20.8 Å². The molecule has 10 rings (SSSR count). The van der Waals surface area contributed by atoms with E-state index in [0.717, 1.165) is 106 Å². The average Bonchev–Trinajstić information content (AvgIpc) is 4.11. The van der Waals surface area contributed by atoms with Crippen LogP contribution in [0.3, 0.4) is 0 Å². The molecule has 5 nitrogen and oxygen atoms in total. The molecule has 0 saturated carbocycles. The summed E-state index contributed by atoms with van der Waals surface area (Å²) >= 11 is 0. The van der Waals surface area contributed by atoms with Gasteiger partial charge in [-0.25, -0.2) is 9.97 Å². The van der Waals surface area contributed by atoms with Gasteiger partial charge in [0.1, 0.15) is 0 Å². The smallest absolute Gasteiger partial charge is 0.0737 e. The number of rotatable bonds is 6. The van der Waals surface area contributed by atoms with E-state index in [1.54, 1.807) is 0 Å². The monoisotopic (exact) mass is 762 g/mol. The van der Waals surface area contributed by atoms with Gasteiger partial charge in [-0.1, -0.05) is 138 Å².